The first-order valence-corrected chi connectivity index (χ1v) is 3.47. The Morgan fingerprint density at radius 2 is 2.09 bits per heavy atom. The van der Waals surface area contributed by atoms with E-state index in [1.807, 2.05) is 31.2 Å². The van der Waals surface area contributed by atoms with Crippen LogP contribution in [0.1, 0.15) is 11.1 Å². The monoisotopic (exact) mass is 148 g/mol. The maximum atomic E-state index is 5.22. The van der Waals surface area contributed by atoms with Gasteiger partial charge in [0.05, 0.1) is 0 Å². The van der Waals surface area contributed by atoms with Crippen molar-refractivity contribution in [2.75, 3.05) is 0 Å². The molecule has 3 N–H and O–H groups in total. The van der Waals surface area contributed by atoms with E-state index in [-0.39, 0.29) is 0 Å². The van der Waals surface area contributed by atoms with Gasteiger partial charge in [0, 0.05) is 11.3 Å². The van der Waals surface area contributed by atoms with Crippen molar-refractivity contribution in [3.63, 3.8) is 0 Å². The van der Waals surface area contributed by atoms with Crippen LogP contribution in [0.15, 0.2) is 30.8 Å². The fraction of sp³-hybridized carbons (Fsp3) is 0.111. The SMILES string of the molecule is C=C(NN)c1ccccc1C. The smallest absolute Gasteiger partial charge is 0.0488 e. The molecule has 1 rings (SSSR count). The first-order chi connectivity index (χ1) is 5.25. The molecule has 0 atom stereocenters. The highest BCUT2D eigenvalue weighted by Gasteiger charge is 1.97. The molecule has 0 fully saturated rings. The van der Waals surface area contributed by atoms with Crippen molar-refractivity contribution < 1.29 is 0 Å². The van der Waals surface area contributed by atoms with Crippen molar-refractivity contribution in [1.82, 2.24) is 5.43 Å². The molecule has 0 aliphatic carbocycles. The van der Waals surface area contributed by atoms with Crippen LogP contribution in [-0.4, -0.2) is 0 Å². The third-order valence-electron chi connectivity index (χ3n) is 1.64. The van der Waals surface area contributed by atoms with Crippen molar-refractivity contribution in [1.29, 1.82) is 0 Å². The summed E-state index contributed by atoms with van der Waals surface area (Å²) in [7, 11) is 0. The molecular formula is C9H12N2. The molecule has 58 valence electrons. The molecule has 0 saturated heterocycles. The minimum absolute atomic E-state index is 0.753. The van der Waals surface area contributed by atoms with Crippen molar-refractivity contribution in [2.45, 2.75) is 6.92 Å². The van der Waals surface area contributed by atoms with Crippen LogP contribution in [0.3, 0.4) is 0 Å². The molecule has 0 radical (unpaired) electrons. The summed E-state index contributed by atoms with van der Waals surface area (Å²) in [6.45, 7) is 5.79. The van der Waals surface area contributed by atoms with Crippen molar-refractivity contribution in [3.05, 3.63) is 42.0 Å². The molecule has 0 aliphatic heterocycles. The summed E-state index contributed by atoms with van der Waals surface area (Å²) in [5.74, 6) is 5.22. The van der Waals surface area contributed by atoms with E-state index in [4.69, 9.17) is 5.84 Å². The van der Waals surface area contributed by atoms with Crippen molar-refractivity contribution in [3.8, 4) is 0 Å². The normalized spacial score (nSPS) is 9.27. The van der Waals surface area contributed by atoms with E-state index in [2.05, 4.69) is 12.0 Å². The Kier molecular flexibility index (Phi) is 2.28. The average Bonchev–Trinajstić information content (AvgIpc) is 2.04. The Hall–Kier alpha value is -1.28. The van der Waals surface area contributed by atoms with Gasteiger partial charge in [-0.05, 0) is 12.5 Å². The predicted octanol–water partition coefficient (Wildman–Crippen LogP) is 1.43. The zero-order valence-corrected chi connectivity index (χ0v) is 6.59. The number of nitrogens with two attached hydrogens (primary N) is 1. The average molecular weight is 148 g/mol. The molecular weight excluding hydrogens is 136 g/mol. The Morgan fingerprint density at radius 1 is 1.45 bits per heavy atom. The second-order valence-corrected chi connectivity index (χ2v) is 2.44. The maximum absolute atomic E-state index is 5.22. The fourth-order valence-corrected chi connectivity index (χ4v) is 0.989. The van der Waals surface area contributed by atoms with Crippen LogP contribution in [0, 0.1) is 6.92 Å². The van der Waals surface area contributed by atoms with Gasteiger partial charge >= 0.3 is 0 Å². The lowest BCUT2D eigenvalue weighted by Gasteiger charge is -2.06. The number of hydrazine groups is 1. The van der Waals surface area contributed by atoms with E-state index in [1.165, 1.54) is 5.56 Å². The lowest BCUT2D eigenvalue weighted by molar-refractivity contribution is 0.992. The first-order valence-electron chi connectivity index (χ1n) is 3.47. The summed E-state index contributed by atoms with van der Waals surface area (Å²) < 4.78 is 0. The predicted molar refractivity (Wildman–Crippen MR) is 47.5 cm³/mol. The highest BCUT2D eigenvalue weighted by molar-refractivity contribution is 5.63. The summed E-state index contributed by atoms with van der Waals surface area (Å²) in [6, 6.07) is 7.96. The maximum Gasteiger partial charge on any atom is 0.0488 e. The number of aryl methyl sites for hydroxylation is 1. The van der Waals surface area contributed by atoms with E-state index in [0.29, 0.717) is 0 Å². The van der Waals surface area contributed by atoms with Crippen LogP contribution in [-0.2, 0) is 0 Å². The summed E-state index contributed by atoms with van der Waals surface area (Å²) in [5.41, 5.74) is 5.52. The Bertz CT molecular complexity index is 266. The topological polar surface area (TPSA) is 38.0 Å². The van der Waals surface area contributed by atoms with Crippen LogP contribution >= 0.6 is 0 Å². The van der Waals surface area contributed by atoms with Crippen LogP contribution in [0.5, 0.6) is 0 Å². The Morgan fingerprint density at radius 3 is 2.64 bits per heavy atom. The molecule has 11 heavy (non-hydrogen) atoms. The highest BCUT2D eigenvalue weighted by atomic mass is 15.2. The number of hydrogen-bond acceptors (Lipinski definition) is 2. The molecule has 2 heteroatoms. The van der Waals surface area contributed by atoms with E-state index >= 15 is 0 Å². The minimum Gasteiger partial charge on any atom is -0.324 e. The molecule has 0 aromatic heterocycles. The summed E-state index contributed by atoms with van der Waals surface area (Å²) in [4.78, 5) is 0. The van der Waals surface area contributed by atoms with Gasteiger partial charge < -0.3 is 5.43 Å². The standard InChI is InChI=1S/C9H12N2/c1-7-5-3-4-6-9(7)8(2)11-10/h3-6,11H,2,10H2,1H3. The third-order valence-corrected chi connectivity index (χ3v) is 1.64. The molecule has 0 amide bonds. The summed E-state index contributed by atoms with van der Waals surface area (Å²) >= 11 is 0. The van der Waals surface area contributed by atoms with Gasteiger partial charge in [0.2, 0.25) is 0 Å². The molecule has 0 bridgehead atoms. The van der Waals surface area contributed by atoms with Crippen LogP contribution < -0.4 is 11.3 Å². The number of nitrogens with one attached hydrogen (secondary N) is 1. The summed E-state index contributed by atoms with van der Waals surface area (Å²) in [6.07, 6.45) is 0. The zero-order chi connectivity index (χ0) is 8.27. The van der Waals surface area contributed by atoms with Crippen molar-refractivity contribution in [2.24, 2.45) is 5.84 Å². The number of benzene rings is 1. The lowest BCUT2D eigenvalue weighted by Crippen LogP contribution is -2.19. The minimum atomic E-state index is 0.753. The molecule has 0 heterocycles. The molecule has 1 aromatic carbocycles. The molecule has 1 aromatic rings. The summed E-state index contributed by atoms with van der Waals surface area (Å²) in [5, 5.41) is 0. The first kappa shape index (κ1) is 7.82. The van der Waals surface area contributed by atoms with Gasteiger partial charge in [0.15, 0.2) is 0 Å². The van der Waals surface area contributed by atoms with Gasteiger partial charge in [-0.15, -0.1) is 0 Å². The number of rotatable bonds is 2. The van der Waals surface area contributed by atoms with Gasteiger partial charge in [-0.2, -0.15) is 0 Å². The second-order valence-electron chi connectivity index (χ2n) is 2.44. The Labute approximate surface area is 66.7 Å². The third kappa shape index (κ3) is 1.59. The highest BCUT2D eigenvalue weighted by Crippen LogP contribution is 2.12. The Balaban J connectivity index is 3.03. The van der Waals surface area contributed by atoms with E-state index in [0.717, 1.165) is 11.3 Å². The van der Waals surface area contributed by atoms with Gasteiger partial charge in [-0.1, -0.05) is 30.8 Å². The van der Waals surface area contributed by atoms with Crippen molar-refractivity contribution >= 4 is 5.70 Å². The zero-order valence-electron chi connectivity index (χ0n) is 6.59. The largest absolute Gasteiger partial charge is 0.324 e. The number of hydrogen-bond donors (Lipinski definition) is 2. The van der Waals surface area contributed by atoms with Crippen LogP contribution in [0.4, 0.5) is 0 Å². The van der Waals surface area contributed by atoms with E-state index in [1.54, 1.807) is 0 Å². The molecule has 0 spiro atoms. The van der Waals surface area contributed by atoms with Gasteiger partial charge in [0.25, 0.3) is 0 Å². The van der Waals surface area contributed by atoms with Crippen LogP contribution in [0.25, 0.3) is 5.70 Å². The van der Waals surface area contributed by atoms with E-state index < -0.39 is 0 Å². The quantitative estimate of drug-likeness (QED) is 0.492. The molecule has 0 saturated carbocycles. The second kappa shape index (κ2) is 3.21. The van der Waals surface area contributed by atoms with E-state index in [9.17, 15) is 0 Å². The molecule has 2 nitrogen and oxygen atoms in total. The van der Waals surface area contributed by atoms with Gasteiger partial charge in [-0.3, -0.25) is 5.84 Å². The van der Waals surface area contributed by atoms with Crippen LogP contribution in [0.2, 0.25) is 0 Å². The fourth-order valence-electron chi connectivity index (χ4n) is 0.989. The molecule has 0 unspecified atom stereocenters. The lowest BCUT2D eigenvalue weighted by atomic mass is 10.1. The van der Waals surface area contributed by atoms with Gasteiger partial charge in [0.1, 0.15) is 0 Å². The molecule has 0 aliphatic rings. The van der Waals surface area contributed by atoms with Gasteiger partial charge in [-0.25, -0.2) is 0 Å².